The fourth-order valence-corrected chi connectivity index (χ4v) is 8.94. The predicted molar refractivity (Wildman–Crippen MR) is 462 cm³/mol. The molecule has 0 saturated carbocycles. The van der Waals surface area contributed by atoms with Crippen molar-refractivity contribution in [3.05, 3.63) is 267 Å². The number of nitrogen functional groups attached to an aromatic ring is 4. The number of hydrogen-bond acceptors (Lipinski definition) is 23. The van der Waals surface area contributed by atoms with Crippen LogP contribution in [0, 0.1) is 51.8 Å². The quantitative estimate of drug-likeness (QED) is 0.00924. The fraction of sp³-hybridized carbons (Fsp3) is 0.222. The molecule has 5 heterocycles. The molecule has 28 nitrogen and oxygen atoms in total. The molecule has 9 N–H and O–H groups in total. The number of ketones is 2. The molecule has 0 atom stereocenters. The van der Waals surface area contributed by atoms with Crippen molar-refractivity contribution in [2.75, 3.05) is 22.9 Å². The number of carbonyl (C=O) groups excluding carboxylic acids is 4. The number of nitro benzene ring substituents is 3. The van der Waals surface area contributed by atoms with Gasteiger partial charge in [0.25, 0.3) is 22.1 Å². The number of pyridine rings is 4. The van der Waals surface area contributed by atoms with Crippen molar-refractivity contribution in [3.8, 4) is 33.4 Å². The Hall–Kier alpha value is -7.19. The van der Waals surface area contributed by atoms with E-state index in [2.05, 4.69) is 161 Å². The maximum atomic E-state index is 11.3. The number of nitro groups is 3. The Morgan fingerprint density at radius 1 is 0.532 bits per heavy atom. The summed E-state index contributed by atoms with van der Waals surface area (Å²) in [6, 6.07) is 42.2. The number of nitrogens with zero attached hydrogens (tertiary/aromatic N) is 8. The number of benzene rings is 5. The van der Waals surface area contributed by atoms with E-state index in [1.807, 2.05) is 99.7 Å². The number of ether oxygens (including phenoxy) is 1. The molecule has 37 heteroatoms. The summed E-state index contributed by atoms with van der Waals surface area (Å²) in [5, 5.41) is 46.1. The number of anilines is 4. The second-order valence-electron chi connectivity index (χ2n) is 22.0. The number of Topliss-reactive ketones (excluding diaryl/α,β-unsaturated/α-hetero) is 2. The largest absolute Gasteiger partial charge is 0.494 e. The van der Waals surface area contributed by atoms with Crippen molar-refractivity contribution in [1.29, 1.82) is 0 Å². The van der Waals surface area contributed by atoms with Gasteiger partial charge in [-0.1, -0.05) is 138 Å². The van der Waals surface area contributed by atoms with Crippen LogP contribution < -0.4 is 28.4 Å². The Bertz CT molecular complexity index is 4250. The Morgan fingerprint density at radius 2 is 0.826 bits per heavy atom. The summed E-state index contributed by atoms with van der Waals surface area (Å²) < 4.78 is 19.7. The Morgan fingerprint density at radius 3 is 1.17 bits per heavy atom. The van der Waals surface area contributed by atoms with E-state index in [4.69, 9.17) is 47.6 Å². The Labute approximate surface area is 730 Å². The summed E-state index contributed by atoms with van der Waals surface area (Å²) in [7, 11) is -0.280. The van der Waals surface area contributed by atoms with Gasteiger partial charge in [0.15, 0.2) is 0 Å². The van der Waals surface area contributed by atoms with Crippen LogP contribution in [0.1, 0.15) is 88.7 Å². The minimum Gasteiger partial charge on any atom is -0.399 e. The third-order valence-corrected chi connectivity index (χ3v) is 14.8. The second kappa shape index (κ2) is 56.1. The number of nitrogens with two attached hydrogens (primary N) is 4. The van der Waals surface area contributed by atoms with Crippen LogP contribution >= 0.6 is 122 Å². The Kier molecular flexibility index (Phi) is 54.5. The molecule has 1 fully saturated rings. The van der Waals surface area contributed by atoms with Crippen molar-refractivity contribution in [2.45, 2.75) is 99.6 Å². The third kappa shape index (κ3) is 43.3. The number of alkyl halides is 3. The van der Waals surface area contributed by atoms with Gasteiger partial charge in [-0.05, 0) is 165 Å². The molecule has 0 bridgehead atoms. The predicted octanol–water partition coefficient (Wildman–Crippen LogP) is 18.2. The zero-order valence-corrected chi connectivity index (χ0v) is 75.5. The molecule has 0 spiro atoms. The van der Waals surface area contributed by atoms with Crippen molar-refractivity contribution in [3.63, 3.8) is 0 Å². The maximum Gasteiger partial charge on any atom is 0.494 e. The smallest absolute Gasteiger partial charge is 0.399 e. The number of hydrogen-bond donors (Lipinski definition) is 5. The zero-order valence-electron chi connectivity index (χ0n) is 60.9. The van der Waals surface area contributed by atoms with Gasteiger partial charge in [-0.2, -0.15) is 13.8 Å². The van der Waals surface area contributed by atoms with Crippen LogP contribution in [0.4, 0.5) is 39.8 Å². The van der Waals surface area contributed by atoms with Crippen molar-refractivity contribution < 1.29 is 96.8 Å². The van der Waals surface area contributed by atoms with Crippen molar-refractivity contribution >= 4 is 198 Å². The third-order valence-electron chi connectivity index (χ3n) is 13.3. The molecule has 1 aliphatic heterocycles. The molecule has 1 aliphatic rings. The molecule has 0 unspecified atom stereocenters. The molecule has 584 valence electrons. The maximum absolute atomic E-state index is 11.3. The van der Waals surface area contributed by atoms with Crippen LogP contribution in [-0.4, -0.2) is 86.3 Å². The molecule has 109 heavy (non-hydrogen) atoms. The minimum absolute atomic E-state index is 0. The summed E-state index contributed by atoms with van der Waals surface area (Å²) in [5.74, 6) is -1.33. The molecule has 1 saturated heterocycles. The number of aromatic nitrogens is 4. The van der Waals surface area contributed by atoms with E-state index in [0.29, 0.717) is 37.5 Å². The normalized spacial score (nSPS) is 11.1. The van der Waals surface area contributed by atoms with Crippen LogP contribution in [0.15, 0.2) is 204 Å². The van der Waals surface area contributed by atoms with Crippen LogP contribution in [-0.2, 0) is 83.2 Å². The molecular formula is C72H83BBr2I4N12O16V2-2. The monoisotopic (exact) mass is 2150 g/mol. The van der Waals surface area contributed by atoms with Gasteiger partial charge in [-0.15, -0.1) is 10.1 Å². The van der Waals surface area contributed by atoms with E-state index in [9.17, 15) is 49.5 Å². The van der Waals surface area contributed by atoms with E-state index < -0.39 is 31.8 Å². The van der Waals surface area contributed by atoms with E-state index in [1.165, 1.54) is 45.9 Å². The molecule has 0 aliphatic carbocycles. The van der Waals surface area contributed by atoms with Gasteiger partial charge in [0.05, 0.1) is 42.9 Å². The topological polar surface area (TPSA) is 444 Å². The molecule has 2 radical (unpaired) electrons. The fourth-order valence-electron chi connectivity index (χ4n) is 8.16. The summed E-state index contributed by atoms with van der Waals surface area (Å²) >= 11 is 15.7. The number of esters is 2. The van der Waals surface area contributed by atoms with E-state index in [-0.39, 0.29) is 104 Å². The van der Waals surface area contributed by atoms with Crippen LogP contribution in [0.2, 0.25) is 0 Å². The van der Waals surface area contributed by atoms with Gasteiger partial charge < -0.3 is 71.7 Å². The first-order valence-corrected chi connectivity index (χ1v) is 37.2. The molecular weight excluding hydrogens is 2070 g/mol. The molecule has 4 aromatic heterocycles. The van der Waals surface area contributed by atoms with Gasteiger partial charge in [0.1, 0.15) is 16.7 Å². The van der Waals surface area contributed by atoms with Gasteiger partial charge in [0, 0.05) is 164 Å². The molecule has 5 aromatic carbocycles. The van der Waals surface area contributed by atoms with Gasteiger partial charge in [-0.3, -0.25) is 73.9 Å². The van der Waals surface area contributed by atoms with E-state index in [1.54, 1.807) is 123 Å². The molecule has 9 aromatic rings. The standard InChI is InChI=1S/C14H12N2O3.C11H16BNO2.C11H9N3O2.C11H11N3.C9H8BrNO3.C6H6BrN.C4H6O3.C2H3I3.C2H4I.C2H5.HNO3.2V.H2/c1-10(17)9-13-12(11-5-7-15-8-6-11)3-2-4-14(13)16(18)19;1-10(2)11(3,4)15-12(14-10)9-5-7-13-8-6-9;12-11-9(8-4-6-13-7-5-8)2-1-3-10(11)14(15)16;12-10-3-1-2-9(11(10)13)8-4-6-14-7-5-8;1-6(12)5-7-8(10)3-2-4-9(7)11(13)14;7-5-3-1-2-4-6(5)8;1-3(5)7-4(2)6;1-2(3,4)5;1-2-3;1-2;2-1(3)4;;;/h2-8H,9H2,1H3;5-8H,1-4H3;1-7H,12H2;1-7H,12-13H2;2-4H,5H2,1H3;1-4H,8H2;1-2H3;1H3;2H,1H3;1H2,2H3;(H,2,3,4);;;1H/q;;;;;;;;2*-1;;;;. The van der Waals surface area contributed by atoms with Crippen molar-refractivity contribution in [2.24, 2.45) is 0 Å². The first-order chi connectivity index (χ1) is 50.1. The summed E-state index contributed by atoms with van der Waals surface area (Å²) in [6.07, 6.45) is 13.6. The number of halogens is 6. The SMILES string of the molecule is CC(=O)Cc1c(-c2ccncc2)cccc1[N+](=O)[O-].CC(=O)Cc1c(Br)cccc1[N+](=O)[O-].CC(=O)OC(C)=O.CC(I)(I)I.CC1(C)OB(c2ccncc2)OC1(C)C.C[CH-]I.Nc1c(-c2ccncc2)cccc1[N+](=O)[O-].Nc1cccc(-c2ccncc2)c1N.Nc1ccccc1Br.O=[N+]([O-])O.[CH2-]C.[HH].[V].[V]. The summed E-state index contributed by atoms with van der Waals surface area (Å²) in [6.45, 7) is 22.5. The zero-order chi connectivity index (χ0) is 81.8. The molecule has 10 rings (SSSR count). The van der Waals surface area contributed by atoms with E-state index in [0.717, 1.165) is 37.9 Å². The van der Waals surface area contributed by atoms with Gasteiger partial charge in [0.2, 0.25) is 0 Å². The number of para-hydroxylation sites is 3. The van der Waals surface area contributed by atoms with Gasteiger partial charge in [-0.25, -0.2) is 0 Å². The van der Waals surface area contributed by atoms with Crippen LogP contribution in [0.3, 0.4) is 0 Å². The summed E-state index contributed by atoms with van der Waals surface area (Å²) in [5.41, 5.74) is 31.2. The van der Waals surface area contributed by atoms with Gasteiger partial charge >= 0.3 is 19.1 Å². The average Bonchev–Trinajstić information content (AvgIpc) is 1.70. The Balaban J connectivity index is -0.000000584. The van der Waals surface area contributed by atoms with E-state index >= 15 is 0 Å². The van der Waals surface area contributed by atoms with Crippen molar-refractivity contribution in [1.82, 2.24) is 19.9 Å². The van der Waals surface area contributed by atoms with Crippen LogP contribution in [0.5, 0.6) is 0 Å². The summed E-state index contributed by atoms with van der Waals surface area (Å²) in [4.78, 5) is 96.9. The van der Waals surface area contributed by atoms with Crippen LogP contribution in [0.25, 0.3) is 33.4 Å². The second-order valence-corrected chi connectivity index (χ2v) is 37.7. The molecule has 0 amide bonds. The number of rotatable bonds is 11. The average molecular weight is 2150 g/mol. The minimum atomic E-state index is -1.50. The first kappa shape index (κ1) is 106. The number of carbonyl (C=O) groups is 4. The first-order valence-electron chi connectivity index (χ1n) is 31.1.